The first kappa shape index (κ1) is 14.6. The summed E-state index contributed by atoms with van der Waals surface area (Å²) in [7, 11) is 0. The molecule has 0 saturated carbocycles. The van der Waals surface area contributed by atoms with Gasteiger partial charge in [0.2, 0.25) is 0 Å². The van der Waals surface area contributed by atoms with Crippen LogP contribution >= 0.6 is 11.3 Å². The average Bonchev–Trinajstić information content (AvgIpc) is 3.17. The summed E-state index contributed by atoms with van der Waals surface area (Å²) >= 11 is 1.64. The maximum absolute atomic E-state index is 12.2. The second kappa shape index (κ2) is 5.90. The summed E-state index contributed by atoms with van der Waals surface area (Å²) in [6.07, 6.45) is 2.08. The normalized spacial score (nSPS) is 17.1. The van der Waals surface area contributed by atoms with Crippen molar-refractivity contribution in [2.24, 2.45) is 0 Å². The van der Waals surface area contributed by atoms with Crippen LogP contribution in [0.3, 0.4) is 0 Å². The second-order valence-electron chi connectivity index (χ2n) is 6.18. The Bertz CT molecular complexity index is 858. The fourth-order valence-corrected chi connectivity index (χ4v) is 3.82. The summed E-state index contributed by atoms with van der Waals surface area (Å²) in [6.45, 7) is 4.90. The molecule has 1 fully saturated rings. The van der Waals surface area contributed by atoms with E-state index in [2.05, 4.69) is 25.3 Å². The predicted molar refractivity (Wildman–Crippen MR) is 89.9 cm³/mol. The molecule has 1 saturated heterocycles. The summed E-state index contributed by atoms with van der Waals surface area (Å²) in [6, 6.07) is 3.60. The third-order valence-electron chi connectivity index (χ3n) is 4.47. The number of thiazole rings is 1. The lowest BCUT2D eigenvalue weighted by Gasteiger charge is -2.31. The minimum Gasteiger partial charge on any atom is -0.297 e. The van der Waals surface area contributed by atoms with Crippen LogP contribution in [0.1, 0.15) is 35.8 Å². The second-order valence-corrected chi connectivity index (χ2v) is 6.90. The molecular weight excluding hydrogens is 310 g/mol. The first-order chi connectivity index (χ1) is 11.2. The van der Waals surface area contributed by atoms with Crippen molar-refractivity contribution in [2.75, 3.05) is 13.1 Å². The fraction of sp³-hybridized carbons (Fsp3) is 0.438. The van der Waals surface area contributed by atoms with Crippen LogP contribution in [0.25, 0.3) is 5.65 Å². The van der Waals surface area contributed by atoms with Gasteiger partial charge in [-0.05, 0) is 32.9 Å². The van der Waals surface area contributed by atoms with Gasteiger partial charge in [-0.3, -0.25) is 14.8 Å². The number of nitrogens with zero attached hydrogens (tertiary/aromatic N) is 4. The van der Waals surface area contributed by atoms with Gasteiger partial charge in [0.05, 0.1) is 16.9 Å². The molecule has 120 valence electrons. The van der Waals surface area contributed by atoms with Crippen molar-refractivity contribution < 1.29 is 0 Å². The molecule has 0 radical (unpaired) electrons. The van der Waals surface area contributed by atoms with Crippen molar-refractivity contribution in [3.05, 3.63) is 50.5 Å². The molecule has 23 heavy (non-hydrogen) atoms. The minimum atomic E-state index is -0.0250. The van der Waals surface area contributed by atoms with E-state index in [-0.39, 0.29) is 5.56 Å². The van der Waals surface area contributed by atoms with Crippen molar-refractivity contribution >= 4 is 17.0 Å². The van der Waals surface area contributed by atoms with E-state index in [4.69, 9.17) is 0 Å². The zero-order chi connectivity index (χ0) is 15.8. The van der Waals surface area contributed by atoms with Crippen LogP contribution in [0.4, 0.5) is 0 Å². The van der Waals surface area contributed by atoms with Gasteiger partial charge in [0.15, 0.2) is 5.65 Å². The van der Waals surface area contributed by atoms with Crippen molar-refractivity contribution in [3.8, 4) is 0 Å². The van der Waals surface area contributed by atoms with Gasteiger partial charge < -0.3 is 0 Å². The van der Waals surface area contributed by atoms with Gasteiger partial charge in [-0.15, -0.1) is 11.3 Å². The van der Waals surface area contributed by atoms with Crippen molar-refractivity contribution in [1.29, 1.82) is 0 Å². The molecule has 3 aromatic rings. The fourth-order valence-electron chi connectivity index (χ4n) is 3.27. The molecule has 3 aromatic heterocycles. The maximum Gasteiger partial charge on any atom is 0.272 e. The van der Waals surface area contributed by atoms with Gasteiger partial charge >= 0.3 is 0 Å². The number of hydrogen-bond donors (Lipinski definition) is 1. The molecule has 0 aromatic carbocycles. The Labute approximate surface area is 137 Å². The molecule has 0 atom stereocenters. The lowest BCUT2D eigenvalue weighted by molar-refractivity contribution is 0.201. The molecule has 0 bridgehead atoms. The Morgan fingerprint density at radius 3 is 2.91 bits per heavy atom. The minimum absolute atomic E-state index is 0.0250. The van der Waals surface area contributed by atoms with Crippen LogP contribution in [-0.2, 0) is 6.54 Å². The lowest BCUT2D eigenvalue weighted by Crippen LogP contribution is -2.33. The van der Waals surface area contributed by atoms with Crippen LogP contribution in [0.2, 0.25) is 0 Å². The molecule has 6 nitrogen and oxygen atoms in total. The first-order valence-corrected chi connectivity index (χ1v) is 8.82. The zero-order valence-electron chi connectivity index (χ0n) is 13.0. The summed E-state index contributed by atoms with van der Waals surface area (Å²) in [4.78, 5) is 23.7. The molecule has 7 heteroatoms. The third-order valence-corrected chi connectivity index (χ3v) is 5.11. The largest absolute Gasteiger partial charge is 0.297 e. The molecule has 0 aliphatic carbocycles. The molecule has 1 aliphatic heterocycles. The number of nitrogens with one attached hydrogen (secondary N) is 1. The van der Waals surface area contributed by atoms with Crippen LogP contribution in [0.5, 0.6) is 0 Å². The van der Waals surface area contributed by atoms with E-state index in [9.17, 15) is 4.79 Å². The number of rotatable bonds is 3. The van der Waals surface area contributed by atoms with Crippen molar-refractivity contribution in [3.63, 3.8) is 0 Å². The number of hydrogen-bond acceptors (Lipinski definition) is 5. The van der Waals surface area contributed by atoms with Gasteiger partial charge in [-0.25, -0.2) is 14.5 Å². The highest BCUT2D eigenvalue weighted by Crippen LogP contribution is 2.27. The number of piperidine rings is 1. The molecule has 4 rings (SSSR count). The Morgan fingerprint density at radius 2 is 2.17 bits per heavy atom. The Hall–Kier alpha value is -1.99. The molecule has 0 amide bonds. The van der Waals surface area contributed by atoms with Gasteiger partial charge in [-0.1, -0.05) is 0 Å². The van der Waals surface area contributed by atoms with Crippen LogP contribution in [-0.4, -0.2) is 37.6 Å². The van der Waals surface area contributed by atoms with Gasteiger partial charge in [0, 0.05) is 35.7 Å². The predicted octanol–water partition coefficient (Wildman–Crippen LogP) is 2.17. The number of aromatic amines is 1. The number of likely N-dealkylation sites (tertiary alicyclic amines) is 1. The van der Waals surface area contributed by atoms with E-state index in [1.165, 1.54) is 4.52 Å². The lowest BCUT2D eigenvalue weighted by atomic mass is 9.93. The van der Waals surface area contributed by atoms with Crippen molar-refractivity contribution in [2.45, 2.75) is 32.2 Å². The standard InChI is InChI=1S/C16H19N5OS/c1-11-6-15-18-14(7-16(22)21(15)19-11)12-2-4-20(5-3-12)8-13-9-23-10-17-13/h6-7,9-10,12,19H,2-5,8H2,1H3. The summed E-state index contributed by atoms with van der Waals surface area (Å²) in [5, 5.41) is 5.12. The number of aromatic nitrogens is 4. The Balaban J connectivity index is 1.48. The van der Waals surface area contributed by atoms with Crippen LogP contribution < -0.4 is 5.56 Å². The van der Waals surface area contributed by atoms with Crippen LogP contribution in [0.15, 0.2) is 27.8 Å². The first-order valence-electron chi connectivity index (χ1n) is 7.88. The van der Waals surface area contributed by atoms with Crippen molar-refractivity contribution in [1.82, 2.24) is 24.5 Å². The molecule has 4 heterocycles. The third kappa shape index (κ3) is 2.94. The SMILES string of the molecule is Cc1cc2nc(C3CCN(Cc4cscn4)CC3)cc(=O)n2[nH]1. The molecule has 0 spiro atoms. The summed E-state index contributed by atoms with van der Waals surface area (Å²) in [5.41, 5.74) is 5.60. The van der Waals surface area contributed by atoms with E-state index >= 15 is 0 Å². The highest BCUT2D eigenvalue weighted by molar-refractivity contribution is 7.07. The average molecular weight is 329 g/mol. The highest BCUT2D eigenvalue weighted by atomic mass is 32.1. The molecular formula is C16H19N5OS. The van der Waals surface area contributed by atoms with Gasteiger partial charge in [0.1, 0.15) is 0 Å². The maximum atomic E-state index is 12.2. The summed E-state index contributed by atoms with van der Waals surface area (Å²) < 4.78 is 1.51. The Kier molecular flexibility index (Phi) is 3.74. The van der Waals surface area contributed by atoms with E-state index in [0.717, 1.165) is 55.2 Å². The zero-order valence-corrected chi connectivity index (χ0v) is 13.8. The highest BCUT2D eigenvalue weighted by Gasteiger charge is 2.23. The smallest absolute Gasteiger partial charge is 0.272 e. The number of H-pyrrole nitrogens is 1. The monoisotopic (exact) mass is 329 g/mol. The van der Waals surface area contributed by atoms with E-state index in [0.29, 0.717) is 5.92 Å². The van der Waals surface area contributed by atoms with Crippen LogP contribution in [0, 0.1) is 6.92 Å². The van der Waals surface area contributed by atoms with E-state index < -0.39 is 0 Å². The van der Waals surface area contributed by atoms with Gasteiger partial charge in [0.25, 0.3) is 5.56 Å². The van der Waals surface area contributed by atoms with E-state index in [1.54, 1.807) is 17.4 Å². The molecule has 0 unspecified atom stereocenters. The van der Waals surface area contributed by atoms with E-state index in [1.807, 2.05) is 18.5 Å². The number of aryl methyl sites for hydroxylation is 1. The Morgan fingerprint density at radius 1 is 1.35 bits per heavy atom. The van der Waals surface area contributed by atoms with Gasteiger partial charge in [-0.2, -0.15) is 0 Å². The molecule has 1 N–H and O–H groups in total. The quantitative estimate of drug-likeness (QED) is 0.800. The summed E-state index contributed by atoms with van der Waals surface area (Å²) in [5.74, 6) is 0.370. The topological polar surface area (TPSA) is 66.3 Å². The molecule has 1 aliphatic rings. The number of fused-ring (bicyclic) bond motifs is 1.